The van der Waals surface area contributed by atoms with E-state index >= 15 is 0 Å². The molecule has 0 spiro atoms. The fraction of sp³-hybridized carbons (Fsp3) is 0.500. The first kappa shape index (κ1) is 30.8. The van der Waals surface area contributed by atoms with Crippen LogP contribution < -0.4 is 0 Å². The Morgan fingerprint density at radius 3 is 1.31 bits per heavy atom. The maximum absolute atomic E-state index is 11.2. The van der Waals surface area contributed by atoms with Gasteiger partial charge in [-0.3, -0.25) is 9.59 Å². The topological polar surface area (TPSA) is 132 Å². The summed E-state index contributed by atoms with van der Waals surface area (Å²) in [5.74, 6) is -2.80. The first-order valence-electron chi connectivity index (χ1n) is 9.60. The molecule has 0 radical (unpaired) electrons. The Bertz CT molecular complexity index is 645. The van der Waals surface area contributed by atoms with E-state index in [-0.39, 0.29) is 45.2 Å². The van der Waals surface area contributed by atoms with Gasteiger partial charge in [0.15, 0.2) is 0 Å². The number of esters is 5. The van der Waals surface area contributed by atoms with Gasteiger partial charge >= 0.3 is 29.8 Å². The van der Waals surface area contributed by atoms with Gasteiger partial charge in [0, 0.05) is 17.7 Å². The lowest BCUT2D eigenvalue weighted by Crippen LogP contribution is -2.23. The summed E-state index contributed by atoms with van der Waals surface area (Å²) in [5, 5.41) is 0. The Morgan fingerprint density at radius 1 is 0.719 bits per heavy atom. The molecule has 0 unspecified atom stereocenters. The maximum atomic E-state index is 11.2. The van der Waals surface area contributed by atoms with Crippen molar-refractivity contribution in [1.82, 2.24) is 0 Å². The number of rotatable bonds is 12. The van der Waals surface area contributed by atoms with Crippen LogP contribution in [0.25, 0.3) is 0 Å². The summed E-state index contributed by atoms with van der Waals surface area (Å²) in [5.41, 5.74) is 0.0330. The molecule has 0 aliphatic carbocycles. The van der Waals surface area contributed by atoms with Gasteiger partial charge < -0.3 is 23.7 Å². The van der Waals surface area contributed by atoms with Crippen LogP contribution in [0.3, 0.4) is 0 Å². The van der Waals surface area contributed by atoms with Gasteiger partial charge in [0.2, 0.25) is 0 Å². The molecule has 0 bridgehead atoms. The third-order valence-electron chi connectivity index (χ3n) is 2.80. The van der Waals surface area contributed by atoms with Crippen LogP contribution in [0, 0.1) is 0 Å². The monoisotopic (exact) mass is 456 g/mol. The van der Waals surface area contributed by atoms with E-state index in [1.165, 1.54) is 0 Å². The van der Waals surface area contributed by atoms with Gasteiger partial charge in [-0.2, -0.15) is 0 Å². The van der Waals surface area contributed by atoms with E-state index in [0.29, 0.717) is 5.57 Å². The fourth-order valence-corrected chi connectivity index (χ4v) is 1.43. The quantitative estimate of drug-likeness (QED) is 0.186. The van der Waals surface area contributed by atoms with Gasteiger partial charge in [0.05, 0.1) is 12.8 Å². The molecular formula is C22H32O10. The lowest BCUT2D eigenvalue weighted by atomic mass is 10.2. The van der Waals surface area contributed by atoms with Crippen molar-refractivity contribution >= 4 is 29.8 Å². The molecule has 0 fully saturated rings. The number of hydrogen-bond acceptors (Lipinski definition) is 10. The zero-order chi connectivity index (χ0) is 25.2. The highest BCUT2D eigenvalue weighted by Crippen LogP contribution is 2.09. The van der Waals surface area contributed by atoms with E-state index in [0.717, 1.165) is 12.2 Å². The number of carbonyl (C=O) groups is 5. The average molecular weight is 456 g/mol. The highest BCUT2D eigenvalue weighted by Gasteiger charge is 2.15. The zero-order valence-electron chi connectivity index (χ0n) is 19.1. The first-order valence-corrected chi connectivity index (χ1v) is 9.60. The van der Waals surface area contributed by atoms with Crippen LogP contribution in [-0.4, -0.2) is 61.9 Å². The minimum absolute atomic E-state index is 0.0876. The van der Waals surface area contributed by atoms with E-state index in [1.807, 2.05) is 20.8 Å². The lowest BCUT2D eigenvalue weighted by Gasteiger charge is -2.19. The van der Waals surface area contributed by atoms with E-state index < -0.39 is 29.5 Å². The van der Waals surface area contributed by atoms with Crippen molar-refractivity contribution in [3.05, 3.63) is 37.5 Å². The van der Waals surface area contributed by atoms with Crippen LogP contribution in [-0.2, 0) is 47.7 Å². The van der Waals surface area contributed by atoms with Gasteiger partial charge in [0.25, 0.3) is 0 Å². The molecule has 180 valence electrons. The molecule has 0 rings (SSSR count). The molecule has 32 heavy (non-hydrogen) atoms. The molecule has 0 aromatic rings. The van der Waals surface area contributed by atoms with Crippen LogP contribution >= 0.6 is 0 Å². The largest absolute Gasteiger partial charge is 0.462 e. The fourth-order valence-electron chi connectivity index (χ4n) is 1.43. The minimum Gasteiger partial charge on any atom is -0.462 e. The van der Waals surface area contributed by atoms with Crippen LogP contribution in [0.15, 0.2) is 37.5 Å². The van der Waals surface area contributed by atoms with E-state index in [2.05, 4.69) is 29.2 Å². The maximum Gasteiger partial charge on any atom is 0.333 e. The summed E-state index contributed by atoms with van der Waals surface area (Å²) < 4.78 is 23.6. The Labute approximate surface area is 188 Å². The number of ether oxygens (including phenoxy) is 5. The van der Waals surface area contributed by atoms with Crippen molar-refractivity contribution in [1.29, 1.82) is 0 Å². The second kappa shape index (κ2) is 17.3. The van der Waals surface area contributed by atoms with E-state index in [1.54, 1.807) is 6.92 Å². The van der Waals surface area contributed by atoms with Crippen LogP contribution in [0.4, 0.5) is 0 Å². The van der Waals surface area contributed by atoms with E-state index in [9.17, 15) is 24.0 Å². The van der Waals surface area contributed by atoms with Gasteiger partial charge in [0.1, 0.15) is 32.0 Å². The third-order valence-corrected chi connectivity index (χ3v) is 2.80. The molecule has 0 aromatic heterocycles. The Balaban J connectivity index is 0. The van der Waals surface area contributed by atoms with Crippen LogP contribution in [0.5, 0.6) is 0 Å². The molecular weight excluding hydrogens is 424 g/mol. The molecule has 0 aliphatic rings. The molecule has 0 heterocycles. The molecule has 0 saturated carbocycles. The second-order valence-corrected chi connectivity index (χ2v) is 6.97. The van der Waals surface area contributed by atoms with Crippen molar-refractivity contribution in [2.45, 2.75) is 46.1 Å². The molecule has 0 aromatic carbocycles. The van der Waals surface area contributed by atoms with Crippen LogP contribution in [0.2, 0.25) is 0 Å². The molecule has 0 N–H and O–H groups in total. The van der Waals surface area contributed by atoms with Crippen molar-refractivity contribution in [3.63, 3.8) is 0 Å². The molecule has 0 amide bonds. The summed E-state index contributed by atoms with van der Waals surface area (Å²) in [6.07, 6.45) is 1.65. The molecule has 0 saturated heterocycles. The minimum atomic E-state index is -0.621. The Hall–Kier alpha value is -3.43. The molecule has 10 nitrogen and oxygen atoms in total. The van der Waals surface area contributed by atoms with Gasteiger partial charge in [-0.25, -0.2) is 14.4 Å². The zero-order valence-corrected chi connectivity index (χ0v) is 19.1. The van der Waals surface area contributed by atoms with Crippen molar-refractivity contribution in [2.75, 3.05) is 26.4 Å². The van der Waals surface area contributed by atoms with Crippen LogP contribution in [0.1, 0.15) is 40.5 Å². The summed E-state index contributed by atoms with van der Waals surface area (Å²) >= 11 is 0. The smallest absolute Gasteiger partial charge is 0.333 e. The molecule has 10 heteroatoms. The predicted octanol–water partition coefficient (Wildman–Crippen LogP) is 2.22. The van der Waals surface area contributed by atoms with Crippen molar-refractivity contribution in [2.24, 2.45) is 0 Å². The second-order valence-electron chi connectivity index (χ2n) is 6.97. The normalized spacial score (nSPS) is 9.75. The van der Waals surface area contributed by atoms with Crippen molar-refractivity contribution < 1.29 is 47.7 Å². The highest BCUT2D eigenvalue weighted by molar-refractivity contribution is 5.87. The molecule has 0 atom stereocenters. The van der Waals surface area contributed by atoms with E-state index in [4.69, 9.17) is 14.2 Å². The highest BCUT2D eigenvalue weighted by atomic mass is 16.6. The molecule has 0 aliphatic heterocycles. The van der Waals surface area contributed by atoms with Gasteiger partial charge in [-0.15, -0.1) is 0 Å². The summed E-state index contributed by atoms with van der Waals surface area (Å²) in [4.78, 5) is 54.7. The summed E-state index contributed by atoms with van der Waals surface area (Å²) in [6, 6.07) is 0. The standard InChI is InChI=1S/C14H18O8.C8H14O2/c1-3-11(15)19-7-9-21-13(17)5-6-14(18)22-10-8-20-12(16)4-2;1-6(2)7(9)10-8(3,4)5/h3-4H,1-2,5-10H2;1H2,2-5H3. The lowest BCUT2D eigenvalue weighted by molar-refractivity contribution is -0.154. The average Bonchev–Trinajstić information content (AvgIpc) is 2.71. The van der Waals surface area contributed by atoms with Crippen molar-refractivity contribution in [3.8, 4) is 0 Å². The SMILES string of the molecule is C=C(C)C(=O)OC(C)(C)C.C=CC(=O)OCCOC(=O)CCC(=O)OCCOC(=O)C=C. The number of carbonyl (C=O) groups excluding carboxylic acids is 5. The van der Waals surface area contributed by atoms with Gasteiger partial charge in [-0.05, 0) is 27.7 Å². The number of hydrogen-bond donors (Lipinski definition) is 0. The predicted molar refractivity (Wildman–Crippen MR) is 114 cm³/mol. The third kappa shape index (κ3) is 21.3. The Morgan fingerprint density at radius 2 is 1.06 bits per heavy atom. The summed E-state index contributed by atoms with van der Waals surface area (Å²) in [6.45, 7) is 16.6. The Kier molecular flexibility index (Phi) is 16.6. The summed E-state index contributed by atoms with van der Waals surface area (Å²) in [7, 11) is 0. The first-order chi connectivity index (χ1) is 14.8. The van der Waals surface area contributed by atoms with Gasteiger partial charge in [-0.1, -0.05) is 19.7 Å².